The van der Waals surface area contributed by atoms with Crippen LogP contribution in [-0.2, 0) is 4.79 Å². The van der Waals surface area contributed by atoms with E-state index < -0.39 is 6.09 Å². The Morgan fingerprint density at radius 1 is 1.56 bits per heavy atom. The summed E-state index contributed by atoms with van der Waals surface area (Å²) in [6.07, 6.45) is 2.92. The van der Waals surface area contributed by atoms with Gasteiger partial charge in [-0.15, -0.1) is 0 Å². The quantitative estimate of drug-likeness (QED) is 0.688. The van der Waals surface area contributed by atoms with E-state index in [2.05, 4.69) is 12.2 Å². The summed E-state index contributed by atoms with van der Waals surface area (Å²) in [5, 5.41) is 10.7. The summed E-state index contributed by atoms with van der Waals surface area (Å²) >= 11 is 0. The molecule has 0 aliphatic heterocycles. The molecule has 1 fully saturated rings. The number of carbonyl (C=O) groups excluding carboxylic acids is 1. The molecule has 1 rings (SSSR count). The summed E-state index contributed by atoms with van der Waals surface area (Å²) in [6.45, 7) is 6.58. The average molecular weight is 229 g/mol. The molecule has 4 heteroatoms. The second-order valence-electron chi connectivity index (χ2n) is 3.89. The van der Waals surface area contributed by atoms with Gasteiger partial charge in [0.25, 0.3) is 0 Å². The molecule has 94 valence electrons. The lowest BCUT2D eigenvalue weighted by Gasteiger charge is -2.13. The summed E-state index contributed by atoms with van der Waals surface area (Å²) in [5.41, 5.74) is 0. The zero-order chi connectivity index (χ0) is 12.6. The molecule has 0 bridgehead atoms. The molecule has 3 unspecified atom stereocenters. The van der Waals surface area contributed by atoms with Gasteiger partial charge in [-0.1, -0.05) is 27.2 Å². The SMILES string of the molecule is CC.CCC(CCNC(=O)O)C1CC1C=O. The zero-order valence-electron chi connectivity index (χ0n) is 10.4. The van der Waals surface area contributed by atoms with E-state index in [0.717, 1.165) is 25.5 Å². The van der Waals surface area contributed by atoms with E-state index in [0.29, 0.717) is 18.4 Å². The fourth-order valence-electron chi connectivity index (χ4n) is 2.02. The van der Waals surface area contributed by atoms with Gasteiger partial charge in [0.15, 0.2) is 0 Å². The number of rotatable bonds is 6. The fraction of sp³-hybridized carbons (Fsp3) is 0.833. The maximum atomic E-state index is 10.5. The van der Waals surface area contributed by atoms with Crippen molar-refractivity contribution < 1.29 is 14.7 Å². The summed E-state index contributed by atoms with van der Waals surface area (Å²) in [5.74, 6) is 1.25. The van der Waals surface area contributed by atoms with E-state index in [1.807, 2.05) is 13.8 Å². The molecule has 0 spiro atoms. The van der Waals surface area contributed by atoms with Gasteiger partial charge in [0, 0.05) is 12.5 Å². The Labute approximate surface area is 97.4 Å². The van der Waals surface area contributed by atoms with Crippen molar-refractivity contribution in [2.24, 2.45) is 17.8 Å². The van der Waals surface area contributed by atoms with Crippen molar-refractivity contribution in [1.29, 1.82) is 0 Å². The molecular weight excluding hydrogens is 206 g/mol. The average Bonchev–Trinajstić information content (AvgIpc) is 3.06. The Morgan fingerprint density at radius 3 is 2.56 bits per heavy atom. The highest BCUT2D eigenvalue weighted by Gasteiger charge is 2.41. The van der Waals surface area contributed by atoms with Crippen LogP contribution in [-0.4, -0.2) is 24.0 Å². The number of carbonyl (C=O) groups is 2. The minimum absolute atomic E-state index is 0.241. The van der Waals surface area contributed by atoms with Crippen LogP contribution in [0.25, 0.3) is 0 Å². The van der Waals surface area contributed by atoms with Crippen molar-refractivity contribution in [3.05, 3.63) is 0 Å². The van der Waals surface area contributed by atoms with E-state index in [1.165, 1.54) is 0 Å². The second-order valence-corrected chi connectivity index (χ2v) is 3.89. The molecule has 1 saturated carbocycles. The third kappa shape index (κ3) is 5.14. The lowest BCUT2D eigenvalue weighted by Crippen LogP contribution is -2.24. The first-order valence-corrected chi connectivity index (χ1v) is 6.11. The van der Waals surface area contributed by atoms with Crippen LogP contribution in [0.1, 0.15) is 40.0 Å². The first-order chi connectivity index (χ1) is 7.69. The van der Waals surface area contributed by atoms with Gasteiger partial charge < -0.3 is 15.2 Å². The topological polar surface area (TPSA) is 66.4 Å². The minimum Gasteiger partial charge on any atom is -0.465 e. The molecule has 0 aromatic carbocycles. The Bertz CT molecular complexity index is 218. The van der Waals surface area contributed by atoms with Crippen molar-refractivity contribution in [2.75, 3.05) is 6.54 Å². The number of hydrogen-bond acceptors (Lipinski definition) is 2. The van der Waals surface area contributed by atoms with Crippen molar-refractivity contribution in [2.45, 2.75) is 40.0 Å². The Kier molecular flexibility index (Phi) is 7.60. The summed E-state index contributed by atoms with van der Waals surface area (Å²) in [7, 11) is 0. The molecule has 4 nitrogen and oxygen atoms in total. The summed E-state index contributed by atoms with van der Waals surface area (Å²) < 4.78 is 0. The van der Waals surface area contributed by atoms with Crippen LogP contribution < -0.4 is 5.32 Å². The number of nitrogens with one attached hydrogen (secondary N) is 1. The van der Waals surface area contributed by atoms with Crippen LogP contribution in [0.3, 0.4) is 0 Å². The van der Waals surface area contributed by atoms with Crippen molar-refractivity contribution in [3.63, 3.8) is 0 Å². The highest BCUT2D eigenvalue weighted by atomic mass is 16.4. The first kappa shape index (κ1) is 14.9. The van der Waals surface area contributed by atoms with Crippen molar-refractivity contribution >= 4 is 12.4 Å². The summed E-state index contributed by atoms with van der Waals surface area (Å²) in [6, 6.07) is 0. The molecule has 3 atom stereocenters. The molecule has 1 aliphatic rings. The number of aldehydes is 1. The molecular formula is C12H23NO3. The van der Waals surface area contributed by atoms with Crippen LogP contribution in [0, 0.1) is 17.8 Å². The van der Waals surface area contributed by atoms with E-state index in [1.54, 1.807) is 0 Å². The Hall–Kier alpha value is -1.06. The van der Waals surface area contributed by atoms with Gasteiger partial charge in [0.05, 0.1) is 0 Å². The van der Waals surface area contributed by atoms with Crippen LogP contribution in [0.4, 0.5) is 4.79 Å². The predicted octanol–water partition coefficient (Wildman–Crippen LogP) is 2.53. The highest BCUT2D eigenvalue weighted by Crippen LogP contribution is 2.45. The van der Waals surface area contributed by atoms with Crippen LogP contribution in [0.15, 0.2) is 0 Å². The molecule has 0 aromatic heterocycles. The molecule has 1 amide bonds. The van der Waals surface area contributed by atoms with E-state index in [9.17, 15) is 9.59 Å². The van der Waals surface area contributed by atoms with Gasteiger partial charge >= 0.3 is 6.09 Å². The van der Waals surface area contributed by atoms with E-state index in [4.69, 9.17) is 5.11 Å². The number of hydrogen-bond donors (Lipinski definition) is 2. The van der Waals surface area contributed by atoms with Crippen LogP contribution in [0.2, 0.25) is 0 Å². The Balaban J connectivity index is 0.00000106. The standard InChI is InChI=1S/C10H17NO3.C2H6/c1-2-7(3-4-11-10(13)14)9-5-8(9)6-12;1-2/h6-9,11H,2-5H2,1H3,(H,13,14);1-2H3. The van der Waals surface area contributed by atoms with E-state index >= 15 is 0 Å². The maximum absolute atomic E-state index is 10.5. The van der Waals surface area contributed by atoms with E-state index in [-0.39, 0.29) is 5.92 Å². The predicted molar refractivity (Wildman–Crippen MR) is 63.4 cm³/mol. The van der Waals surface area contributed by atoms with Gasteiger partial charge in [-0.05, 0) is 24.7 Å². The largest absolute Gasteiger partial charge is 0.465 e. The zero-order valence-corrected chi connectivity index (χ0v) is 10.4. The van der Waals surface area contributed by atoms with Crippen LogP contribution >= 0.6 is 0 Å². The minimum atomic E-state index is -0.970. The van der Waals surface area contributed by atoms with Gasteiger partial charge in [-0.2, -0.15) is 0 Å². The molecule has 0 aromatic rings. The molecule has 0 heterocycles. The number of carboxylic acid groups (broad SMARTS) is 1. The lowest BCUT2D eigenvalue weighted by molar-refractivity contribution is -0.109. The third-order valence-electron chi connectivity index (χ3n) is 2.99. The fourth-order valence-corrected chi connectivity index (χ4v) is 2.02. The van der Waals surface area contributed by atoms with Crippen molar-refractivity contribution in [1.82, 2.24) is 5.32 Å². The van der Waals surface area contributed by atoms with Gasteiger partial charge in [-0.25, -0.2) is 4.79 Å². The van der Waals surface area contributed by atoms with Crippen LogP contribution in [0.5, 0.6) is 0 Å². The molecule has 0 radical (unpaired) electrons. The maximum Gasteiger partial charge on any atom is 0.404 e. The highest BCUT2D eigenvalue weighted by molar-refractivity contribution is 5.64. The molecule has 1 aliphatic carbocycles. The smallest absolute Gasteiger partial charge is 0.404 e. The van der Waals surface area contributed by atoms with Gasteiger partial charge in [0.2, 0.25) is 0 Å². The normalized spacial score (nSPS) is 23.7. The first-order valence-electron chi connectivity index (χ1n) is 6.11. The molecule has 0 saturated heterocycles. The molecule has 2 N–H and O–H groups in total. The summed E-state index contributed by atoms with van der Waals surface area (Å²) in [4.78, 5) is 20.7. The Morgan fingerprint density at radius 2 is 2.19 bits per heavy atom. The van der Waals surface area contributed by atoms with Gasteiger partial charge in [-0.3, -0.25) is 0 Å². The monoisotopic (exact) mass is 229 g/mol. The van der Waals surface area contributed by atoms with Gasteiger partial charge in [0.1, 0.15) is 6.29 Å². The lowest BCUT2D eigenvalue weighted by atomic mass is 9.95. The molecule has 16 heavy (non-hydrogen) atoms. The number of amides is 1. The third-order valence-corrected chi connectivity index (χ3v) is 2.99. The van der Waals surface area contributed by atoms with Crippen molar-refractivity contribution in [3.8, 4) is 0 Å². The second kappa shape index (κ2) is 8.13.